The van der Waals surface area contributed by atoms with Gasteiger partial charge in [0.05, 0.1) is 11.8 Å². The van der Waals surface area contributed by atoms with Crippen LogP contribution in [0.15, 0.2) is 72.8 Å². The van der Waals surface area contributed by atoms with Gasteiger partial charge in [-0.25, -0.2) is 17.5 Å². The summed E-state index contributed by atoms with van der Waals surface area (Å²) in [6, 6.07) is 20.5. The molecule has 0 spiro atoms. The molecule has 40 heavy (non-hydrogen) atoms. The van der Waals surface area contributed by atoms with Crippen LogP contribution >= 0.6 is 0 Å². The molecular formula is C33H42N2O4S. The normalized spacial score (nSPS) is 35.5. The SMILES string of the molecule is CCN(CC)S(=O)(=O)C[C@]12CC[C@H](C[C@H]1OC(=O)[C@]13CN1[C@H](c1ccccc1)C=C[C@@H]3c1ccccc1)C2(C)C. The number of rotatable bonds is 9. The molecule has 2 aromatic carbocycles. The van der Waals surface area contributed by atoms with Gasteiger partial charge < -0.3 is 4.74 Å². The van der Waals surface area contributed by atoms with Crippen molar-refractivity contribution in [1.82, 2.24) is 9.21 Å². The molecule has 214 valence electrons. The lowest BCUT2D eigenvalue weighted by Crippen LogP contribution is -2.51. The van der Waals surface area contributed by atoms with Crippen LogP contribution in [0.5, 0.6) is 0 Å². The van der Waals surface area contributed by atoms with Crippen molar-refractivity contribution in [2.45, 2.75) is 70.6 Å². The van der Waals surface area contributed by atoms with E-state index >= 15 is 0 Å². The highest BCUT2D eigenvalue weighted by molar-refractivity contribution is 7.89. The second kappa shape index (κ2) is 9.81. The van der Waals surface area contributed by atoms with Crippen LogP contribution in [0.1, 0.15) is 70.0 Å². The third-order valence-corrected chi connectivity index (χ3v) is 13.1. The van der Waals surface area contributed by atoms with Gasteiger partial charge in [-0.2, -0.15) is 0 Å². The zero-order valence-corrected chi connectivity index (χ0v) is 24.9. The summed E-state index contributed by atoms with van der Waals surface area (Å²) in [5.41, 5.74) is 0.648. The van der Waals surface area contributed by atoms with Gasteiger partial charge in [-0.3, -0.25) is 4.90 Å². The molecule has 6 rings (SSSR count). The third-order valence-electron chi connectivity index (χ3n) is 11.0. The molecule has 2 heterocycles. The summed E-state index contributed by atoms with van der Waals surface area (Å²) in [5, 5.41) is 0. The highest BCUT2D eigenvalue weighted by atomic mass is 32.2. The van der Waals surface area contributed by atoms with Gasteiger partial charge in [-0.15, -0.1) is 0 Å². The number of ether oxygens (including phenoxy) is 1. The molecule has 6 nitrogen and oxygen atoms in total. The van der Waals surface area contributed by atoms with Crippen molar-refractivity contribution in [1.29, 1.82) is 0 Å². The van der Waals surface area contributed by atoms with Gasteiger partial charge in [0.25, 0.3) is 0 Å². The minimum atomic E-state index is -3.50. The Morgan fingerprint density at radius 3 is 2.20 bits per heavy atom. The fourth-order valence-electron chi connectivity index (χ4n) is 8.40. The first-order valence-electron chi connectivity index (χ1n) is 14.8. The lowest BCUT2D eigenvalue weighted by molar-refractivity contribution is -0.162. The zero-order valence-electron chi connectivity index (χ0n) is 24.1. The maximum absolute atomic E-state index is 14.5. The van der Waals surface area contributed by atoms with Gasteiger partial charge in [0.2, 0.25) is 10.0 Å². The molecule has 1 saturated heterocycles. The zero-order chi connectivity index (χ0) is 28.3. The first-order valence-corrected chi connectivity index (χ1v) is 16.5. The van der Waals surface area contributed by atoms with E-state index in [9.17, 15) is 13.2 Å². The number of hydrogen-bond donors (Lipinski definition) is 0. The Morgan fingerprint density at radius 1 is 0.975 bits per heavy atom. The number of nitrogens with zero attached hydrogens (tertiary/aromatic N) is 2. The summed E-state index contributed by atoms with van der Waals surface area (Å²) in [5.74, 6) is 0.0510. The van der Waals surface area contributed by atoms with Crippen molar-refractivity contribution >= 4 is 16.0 Å². The first-order chi connectivity index (χ1) is 19.1. The number of carbonyl (C=O) groups is 1. The van der Waals surface area contributed by atoms with Crippen LogP contribution < -0.4 is 0 Å². The van der Waals surface area contributed by atoms with Crippen molar-refractivity contribution in [3.8, 4) is 0 Å². The average Bonchev–Trinajstić information content (AvgIpc) is 3.63. The van der Waals surface area contributed by atoms with E-state index in [0.717, 1.165) is 30.4 Å². The Bertz CT molecular complexity index is 1390. The van der Waals surface area contributed by atoms with Crippen LogP contribution in [0.2, 0.25) is 0 Å². The number of hydrogen-bond acceptors (Lipinski definition) is 5. The molecule has 2 aliphatic carbocycles. The second-order valence-electron chi connectivity index (χ2n) is 12.8. The molecule has 3 fully saturated rings. The number of sulfonamides is 1. The van der Waals surface area contributed by atoms with E-state index in [1.54, 1.807) is 4.31 Å². The van der Waals surface area contributed by atoms with Gasteiger partial charge in [0.15, 0.2) is 0 Å². The maximum atomic E-state index is 14.5. The predicted octanol–water partition coefficient (Wildman–Crippen LogP) is 5.55. The van der Waals surface area contributed by atoms with E-state index in [4.69, 9.17) is 4.74 Å². The molecule has 2 aromatic rings. The molecule has 7 heteroatoms. The van der Waals surface area contributed by atoms with E-state index in [2.05, 4.69) is 55.2 Å². The Morgan fingerprint density at radius 2 is 1.60 bits per heavy atom. The maximum Gasteiger partial charge on any atom is 0.329 e. The van der Waals surface area contributed by atoms with E-state index in [1.807, 2.05) is 50.2 Å². The molecule has 0 radical (unpaired) electrons. The van der Waals surface area contributed by atoms with Crippen LogP contribution in [-0.4, -0.2) is 60.6 Å². The van der Waals surface area contributed by atoms with E-state index in [0.29, 0.717) is 25.6 Å². The largest absolute Gasteiger partial charge is 0.460 e. The van der Waals surface area contributed by atoms with Crippen LogP contribution in [0.4, 0.5) is 0 Å². The van der Waals surface area contributed by atoms with Gasteiger partial charge in [0.1, 0.15) is 11.6 Å². The Balaban J connectivity index is 1.34. The van der Waals surface area contributed by atoms with E-state index in [-0.39, 0.29) is 29.1 Å². The number of carbonyl (C=O) groups excluding carboxylic acids is 1. The number of esters is 1. The molecule has 2 saturated carbocycles. The lowest BCUT2D eigenvalue weighted by atomic mass is 9.69. The highest BCUT2D eigenvalue weighted by Gasteiger charge is 2.71. The standard InChI is InChI=1S/C33H42N2O4S/c1-5-34(6-2)40(37,38)23-32-20-19-26(31(32,3)4)21-29(32)39-30(36)33-22-35(33)28(25-15-11-8-12-16-25)18-17-27(33)24-13-9-7-10-14-24/h7-18,26-29H,5-6,19-23H2,1-4H3/t26-,27-,28+,29-,32-,33-,35?/m1/s1. The fraction of sp³-hybridized carbons (Fsp3) is 0.545. The molecule has 4 aliphatic rings. The average molecular weight is 563 g/mol. The molecule has 1 unspecified atom stereocenters. The molecular weight excluding hydrogens is 520 g/mol. The lowest BCUT2D eigenvalue weighted by Gasteiger charge is -2.43. The van der Waals surface area contributed by atoms with Crippen molar-refractivity contribution in [2.24, 2.45) is 16.7 Å². The topological polar surface area (TPSA) is 66.7 Å². The summed E-state index contributed by atoms with van der Waals surface area (Å²) >= 11 is 0. The number of benzene rings is 2. The summed E-state index contributed by atoms with van der Waals surface area (Å²) in [6.07, 6.45) is 6.48. The van der Waals surface area contributed by atoms with Gasteiger partial charge in [0, 0.05) is 31.0 Å². The molecule has 0 aromatic heterocycles. The van der Waals surface area contributed by atoms with Crippen LogP contribution in [0.25, 0.3) is 0 Å². The molecule has 2 bridgehead atoms. The van der Waals surface area contributed by atoms with Gasteiger partial charge in [-0.05, 0) is 41.7 Å². The van der Waals surface area contributed by atoms with E-state index in [1.165, 1.54) is 0 Å². The molecule has 2 aliphatic heterocycles. The molecule has 0 amide bonds. The second-order valence-corrected chi connectivity index (χ2v) is 14.7. The van der Waals surface area contributed by atoms with Gasteiger partial charge >= 0.3 is 5.97 Å². The van der Waals surface area contributed by atoms with Crippen LogP contribution in [0.3, 0.4) is 0 Å². The molecule has 0 N–H and O–H groups in total. The van der Waals surface area contributed by atoms with Crippen LogP contribution in [-0.2, 0) is 19.6 Å². The highest BCUT2D eigenvalue weighted by Crippen LogP contribution is 2.67. The van der Waals surface area contributed by atoms with E-state index < -0.39 is 27.1 Å². The predicted molar refractivity (Wildman–Crippen MR) is 157 cm³/mol. The fourth-order valence-corrected chi connectivity index (χ4v) is 10.7. The summed E-state index contributed by atoms with van der Waals surface area (Å²) in [4.78, 5) is 16.7. The monoisotopic (exact) mass is 562 g/mol. The quantitative estimate of drug-likeness (QED) is 0.228. The van der Waals surface area contributed by atoms with Crippen LogP contribution in [0, 0.1) is 16.7 Å². The Labute approximate surface area is 239 Å². The van der Waals surface area contributed by atoms with Crippen molar-refractivity contribution in [3.63, 3.8) is 0 Å². The van der Waals surface area contributed by atoms with Crippen molar-refractivity contribution in [2.75, 3.05) is 25.4 Å². The Hall–Kier alpha value is -2.48. The van der Waals surface area contributed by atoms with Crippen molar-refractivity contribution in [3.05, 3.63) is 83.9 Å². The first kappa shape index (κ1) is 27.7. The summed E-state index contributed by atoms with van der Waals surface area (Å²) in [7, 11) is -3.50. The summed E-state index contributed by atoms with van der Waals surface area (Å²) < 4.78 is 35.4. The minimum absolute atomic E-state index is 0.00203. The smallest absolute Gasteiger partial charge is 0.329 e. The Kier molecular flexibility index (Phi) is 6.79. The minimum Gasteiger partial charge on any atom is -0.460 e. The van der Waals surface area contributed by atoms with Crippen molar-refractivity contribution < 1.29 is 17.9 Å². The molecule has 7 atom stereocenters. The number of fused-ring (bicyclic) bond motifs is 3. The summed E-state index contributed by atoms with van der Waals surface area (Å²) in [6.45, 7) is 9.68. The van der Waals surface area contributed by atoms with Gasteiger partial charge in [-0.1, -0.05) is 101 Å². The third kappa shape index (κ3) is 4.03.